The molecule has 0 aliphatic heterocycles. The minimum absolute atomic E-state index is 0.779. The summed E-state index contributed by atoms with van der Waals surface area (Å²) in [6.07, 6.45) is 12.8. The molecule has 0 radical (unpaired) electrons. The highest BCUT2D eigenvalue weighted by atomic mass is 15.1. The van der Waals surface area contributed by atoms with Crippen LogP contribution in [0.2, 0.25) is 0 Å². The van der Waals surface area contributed by atoms with Gasteiger partial charge in [0.2, 0.25) is 0 Å². The molecule has 0 heterocycles. The van der Waals surface area contributed by atoms with Crippen LogP contribution < -0.4 is 0 Å². The molecule has 0 atom stereocenters. The number of nitrogens with zero attached hydrogens (tertiary/aromatic N) is 1. The summed E-state index contributed by atoms with van der Waals surface area (Å²) in [7, 11) is 0. The van der Waals surface area contributed by atoms with E-state index >= 15 is 0 Å². The predicted molar refractivity (Wildman–Crippen MR) is 78.9 cm³/mol. The van der Waals surface area contributed by atoms with Gasteiger partial charge in [0, 0.05) is 13.1 Å². The van der Waals surface area contributed by atoms with Gasteiger partial charge < -0.3 is 4.90 Å². The molecule has 0 saturated carbocycles. The molecule has 0 saturated heterocycles. The summed E-state index contributed by atoms with van der Waals surface area (Å²) in [5.74, 6) is 0.779. The van der Waals surface area contributed by atoms with E-state index in [4.69, 9.17) is 0 Å². The van der Waals surface area contributed by atoms with Crippen LogP contribution >= 0.6 is 0 Å². The fraction of sp³-hybridized carbons (Fsp3) is 0.500. The normalized spacial score (nSPS) is 12.1. The van der Waals surface area contributed by atoms with E-state index in [9.17, 15) is 0 Å². The molecule has 1 nitrogen and oxygen atoms in total. The van der Waals surface area contributed by atoms with Gasteiger partial charge in [-0.25, -0.2) is 0 Å². The molecule has 0 aliphatic carbocycles. The lowest BCUT2D eigenvalue weighted by Gasteiger charge is -2.15. The molecule has 0 spiro atoms. The predicted octanol–water partition coefficient (Wildman–Crippen LogP) is 4.56. The fourth-order valence-electron chi connectivity index (χ4n) is 1.46. The summed E-state index contributed by atoms with van der Waals surface area (Å²) in [6.45, 7) is 15.9. The highest BCUT2D eigenvalue weighted by Crippen LogP contribution is 2.07. The maximum Gasteiger partial charge on any atom is 0.0354 e. The molecule has 0 fully saturated rings. The second kappa shape index (κ2) is 9.95. The van der Waals surface area contributed by atoms with Gasteiger partial charge in [0.1, 0.15) is 0 Å². The Kier molecular flexibility index (Phi) is 9.22. The SMILES string of the molecule is C=CCN(C=CC(C)=CCCC(C)C)CC=C. The van der Waals surface area contributed by atoms with Crippen molar-refractivity contribution in [2.24, 2.45) is 5.92 Å². The minimum atomic E-state index is 0.779. The first kappa shape index (κ1) is 15.8. The quantitative estimate of drug-likeness (QED) is 0.417. The summed E-state index contributed by atoms with van der Waals surface area (Å²) in [4.78, 5) is 2.18. The Labute approximate surface area is 107 Å². The molecule has 0 amide bonds. The molecular formula is C16H27N. The Morgan fingerprint density at radius 1 is 1.18 bits per heavy atom. The van der Waals surface area contributed by atoms with Gasteiger partial charge in [0.15, 0.2) is 0 Å². The summed E-state index contributed by atoms with van der Waals surface area (Å²) in [5.41, 5.74) is 1.32. The van der Waals surface area contributed by atoms with E-state index in [-0.39, 0.29) is 0 Å². The van der Waals surface area contributed by atoms with E-state index in [1.54, 1.807) is 0 Å². The lowest BCUT2D eigenvalue weighted by atomic mass is 10.1. The van der Waals surface area contributed by atoms with Crippen LogP contribution in [0.15, 0.2) is 49.2 Å². The number of allylic oxidation sites excluding steroid dienone is 3. The lowest BCUT2D eigenvalue weighted by Crippen LogP contribution is -2.16. The molecule has 0 aliphatic rings. The smallest absolute Gasteiger partial charge is 0.0354 e. The Balaban J connectivity index is 4.16. The van der Waals surface area contributed by atoms with Crippen molar-refractivity contribution < 1.29 is 0 Å². The molecule has 0 unspecified atom stereocenters. The summed E-state index contributed by atoms with van der Waals surface area (Å²) in [6, 6.07) is 0. The standard InChI is InChI=1S/C16H27N/c1-6-12-17(13-7-2)14-11-16(5)10-8-9-15(3)4/h6-7,10-11,14-15H,1-2,8-9,12-13H2,3-5H3. The highest BCUT2D eigenvalue weighted by Gasteiger charge is 1.93. The molecule has 0 rings (SSSR count). The molecule has 0 aromatic carbocycles. The number of rotatable bonds is 9. The van der Waals surface area contributed by atoms with E-state index in [2.05, 4.69) is 57.2 Å². The molecule has 0 aromatic heterocycles. The zero-order chi connectivity index (χ0) is 13.1. The van der Waals surface area contributed by atoms with Gasteiger partial charge in [-0.1, -0.05) is 37.6 Å². The van der Waals surface area contributed by atoms with E-state index in [0.29, 0.717) is 0 Å². The van der Waals surface area contributed by atoms with Gasteiger partial charge in [0.25, 0.3) is 0 Å². The monoisotopic (exact) mass is 233 g/mol. The Morgan fingerprint density at radius 3 is 2.24 bits per heavy atom. The average molecular weight is 233 g/mol. The van der Waals surface area contributed by atoms with Gasteiger partial charge in [0.05, 0.1) is 0 Å². The van der Waals surface area contributed by atoms with Crippen LogP contribution in [-0.2, 0) is 0 Å². The largest absolute Gasteiger partial charge is 0.370 e. The third kappa shape index (κ3) is 9.68. The van der Waals surface area contributed by atoms with Crippen molar-refractivity contribution in [3.8, 4) is 0 Å². The highest BCUT2D eigenvalue weighted by molar-refractivity contribution is 5.15. The third-order valence-electron chi connectivity index (χ3n) is 2.49. The van der Waals surface area contributed by atoms with Crippen molar-refractivity contribution in [2.75, 3.05) is 13.1 Å². The van der Waals surface area contributed by atoms with Gasteiger partial charge >= 0.3 is 0 Å². The maximum absolute atomic E-state index is 3.75. The summed E-state index contributed by atoms with van der Waals surface area (Å²) in [5, 5.41) is 0. The van der Waals surface area contributed by atoms with E-state index in [0.717, 1.165) is 25.4 Å². The second-order valence-electron chi connectivity index (χ2n) is 4.77. The van der Waals surface area contributed by atoms with E-state index < -0.39 is 0 Å². The lowest BCUT2D eigenvalue weighted by molar-refractivity contribution is 0.462. The molecule has 0 aromatic rings. The van der Waals surface area contributed by atoms with Crippen molar-refractivity contribution in [3.63, 3.8) is 0 Å². The van der Waals surface area contributed by atoms with Crippen molar-refractivity contribution in [1.29, 1.82) is 0 Å². The van der Waals surface area contributed by atoms with Crippen molar-refractivity contribution in [2.45, 2.75) is 33.6 Å². The van der Waals surface area contributed by atoms with Crippen LogP contribution in [0.4, 0.5) is 0 Å². The summed E-state index contributed by atoms with van der Waals surface area (Å²) >= 11 is 0. The Bertz CT molecular complexity index is 261. The van der Waals surface area contributed by atoms with E-state index in [1.807, 2.05) is 12.2 Å². The van der Waals surface area contributed by atoms with Crippen LogP contribution in [0.3, 0.4) is 0 Å². The van der Waals surface area contributed by atoms with Crippen LogP contribution in [0.25, 0.3) is 0 Å². The van der Waals surface area contributed by atoms with Crippen molar-refractivity contribution in [3.05, 3.63) is 49.2 Å². The second-order valence-corrected chi connectivity index (χ2v) is 4.77. The van der Waals surface area contributed by atoms with E-state index in [1.165, 1.54) is 12.0 Å². The topological polar surface area (TPSA) is 3.24 Å². The fourth-order valence-corrected chi connectivity index (χ4v) is 1.46. The maximum atomic E-state index is 3.75. The average Bonchev–Trinajstić information content (AvgIpc) is 2.26. The van der Waals surface area contributed by atoms with Crippen LogP contribution in [0.5, 0.6) is 0 Å². The molecule has 17 heavy (non-hydrogen) atoms. The zero-order valence-electron chi connectivity index (χ0n) is 11.7. The molecule has 1 heteroatoms. The number of hydrogen-bond donors (Lipinski definition) is 0. The molecule has 96 valence electrons. The van der Waals surface area contributed by atoms with Crippen LogP contribution in [0, 0.1) is 5.92 Å². The molecule has 0 bridgehead atoms. The Hall–Kier alpha value is -1.24. The van der Waals surface area contributed by atoms with Gasteiger partial charge in [-0.05, 0) is 38.0 Å². The molecule has 0 N–H and O–H groups in total. The summed E-state index contributed by atoms with van der Waals surface area (Å²) < 4.78 is 0. The van der Waals surface area contributed by atoms with Crippen molar-refractivity contribution in [1.82, 2.24) is 4.90 Å². The van der Waals surface area contributed by atoms with Gasteiger partial charge in [-0.15, -0.1) is 13.2 Å². The molecular weight excluding hydrogens is 206 g/mol. The van der Waals surface area contributed by atoms with Crippen molar-refractivity contribution >= 4 is 0 Å². The van der Waals surface area contributed by atoms with Crippen LogP contribution in [-0.4, -0.2) is 18.0 Å². The first-order valence-corrected chi connectivity index (χ1v) is 6.41. The van der Waals surface area contributed by atoms with Gasteiger partial charge in [-0.3, -0.25) is 0 Å². The zero-order valence-corrected chi connectivity index (χ0v) is 11.7. The van der Waals surface area contributed by atoms with Gasteiger partial charge in [-0.2, -0.15) is 0 Å². The minimum Gasteiger partial charge on any atom is -0.370 e. The third-order valence-corrected chi connectivity index (χ3v) is 2.49. The first-order valence-electron chi connectivity index (χ1n) is 6.41. The first-order chi connectivity index (χ1) is 8.10. The number of hydrogen-bond acceptors (Lipinski definition) is 1. The Morgan fingerprint density at radius 2 is 1.76 bits per heavy atom. The van der Waals surface area contributed by atoms with Crippen LogP contribution in [0.1, 0.15) is 33.6 Å².